The molecule has 1 unspecified atom stereocenters. The Morgan fingerprint density at radius 2 is 1.51 bits per heavy atom. The van der Waals surface area contributed by atoms with Crippen LogP contribution in [0.2, 0.25) is 0 Å². The van der Waals surface area contributed by atoms with Crippen LogP contribution in [0, 0.1) is 0 Å². The molecule has 0 aromatic heterocycles. The third-order valence-electron chi connectivity index (χ3n) is 5.63. The fourth-order valence-electron chi connectivity index (χ4n) is 3.67. The van der Waals surface area contributed by atoms with Gasteiger partial charge in [-0.2, -0.15) is 0 Å². The molecule has 3 aromatic rings. The molecule has 0 saturated carbocycles. The number of carbonyl (C=O) groups excluding carboxylic acids is 3. The summed E-state index contributed by atoms with van der Waals surface area (Å²) in [6.45, 7) is 4.77. The molecule has 1 amide bonds. The number of anilines is 1. The quantitative estimate of drug-likeness (QED) is 0.306. The molecule has 0 spiro atoms. The standard InChI is InChI=1S/C30H34N2O8S/c1-30(2,3)40-28(34)24-12-8-9-13-25(24)31-18-27(33)32-26(29(35)39-19-21-10-6-5-7-11-21)20-41(36,37)23-16-14-22(38-4)15-17-23/h5-17,26,31H,18-20H2,1-4H3,(H,32,33). The number of para-hydroxylation sites is 1. The second-order valence-electron chi connectivity index (χ2n) is 10.1. The number of benzene rings is 3. The van der Waals surface area contributed by atoms with Crippen molar-refractivity contribution in [3.63, 3.8) is 0 Å². The van der Waals surface area contributed by atoms with Gasteiger partial charge >= 0.3 is 11.9 Å². The molecule has 2 N–H and O–H groups in total. The smallest absolute Gasteiger partial charge is 0.340 e. The number of hydrogen-bond donors (Lipinski definition) is 2. The Hall–Kier alpha value is -4.38. The van der Waals surface area contributed by atoms with E-state index >= 15 is 0 Å². The molecule has 218 valence electrons. The maximum atomic E-state index is 13.1. The minimum absolute atomic E-state index is 0.0437. The van der Waals surface area contributed by atoms with Gasteiger partial charge < -0.3 is 24.8 Å². The molecule has 0 bridgehead atoms. The minimum atomic E-state index is -4.01. The zero-order valence-electron chi connectivity index (χ0n) is 23.4. The largest absolute Gasteiger partial charge is 0.497 e. The number of ether oxygens (including phenoxy) is 3. The topological polar surface area (TPSA) is 137 Å². The Morgan fingerprint density at radius 3 is 2.15 bits per heavy atom. The van der Waals surface area contributed by atoms with E-state index in [1.54, 1.807) is 69.3 Å². The molecule has 0 heterocycles. The lowest BCUT2D eigenvalue weighted by molar-refractivity contribution is -0.148. The van der Waals surface area contributed by atoms with Gasteiger partial charge in [-0.15, -0.1) is 0 Å². The van der Waals surface area contributed by atoms with Crippen molar-refractivity contribution in [2.75, 3.05) is 24.7 Å². The minimum Gasteiger partial charge on any atom is -0.497 e. The predicted octanol–water partition coefficient (Wildman–Crippen LogP) is 3.76. The molecule has 10 nitrogen and oxygen atoms in total. The van der Waals surface area contributed by atoms with Gasteiger partial charge in [0.2, 0.25) is 5.91 Å². The summed E-state index contributed by atoms with van der Waals surface area (Å²) < 4.78 is 42.1. The van der Waals surface area contributed by atoms with E-state index < -0.39 is 45.1 Å². The number of sulfone groups is 1. The number of hydrogen-bond acceptors (Lipinski definition) is 9. The van der Waals surface area contributed by atoms with E-state index in [4.69, 9.17) is 14.2 Å². The average molecular weight is 583 g/mol. The van der Waals surface area contributed by atoms with E-state index in [2.05, 4.69) is 10.6 Å². The molecular formula is C30H34N2O8S. The summed E-state index contributed by atoms with van der Waals surface area (Å²) >= 11 is 0. The van der Waals surface area contributed by atoms with Crippen LogP contribution in [0.3, 0.4) is 0 Å². The summed E-state index contributed by atoms with van der Waals surface area (Å²) in [7, 11) is -2.56. The average Bonchev–Trinajstić information content (AvgIpc) is 2.94. The van der Waals surface area contributed by atoms with E-state index in [-0.39, 0.29) is 23.6 Å². The van der Waals surface area contributed by atoms with Crippen LogP contribution in [0.1, 0.15) is 36.7 Å². The van der Waals surface area contributed by atoms with Crippen molar-refractivity contribution in [2.24, 2.45) is 0 Å². The van der Waals surface area contributed by atoms with Crippen LogP contribution >= 0.6 is 0 Å². The Kier molecular flexibility index (Phi) is 10.5. The second kappa shape index (κ2) is 13.8. The first-order valence-electron chi connectivity index (χ1n) is 12.8. The maximum absolute atomic E-state index is 13.1. The summed E-state index contributed by atoms with van der Waals surface area (Å²) in [5.74, 6) is -2.43. The number of esters is 2. The van der Waals surface area contributed by atoms with Crippen molar-refractivity contribution in [3.8, 4) is 5.75 Å². The lowest BCUT2D eigenvalue weighted by atomic mass is 10.1. The molecule has 3 rings (SSSR count). The van der Waals surface area contributed by atoms with Gasteiger partial charge in [0, 0.05) is 5.69 Å². The molecule has 0 radical (unpaired) electrons. The summed E-state index contributed by atoms with van der Waals surface area (Å²) in [5.41, 5.74) is 0.538. The molecule has 0 fully saturated rings. The number of rotatable bonds is 12. The summed E-state index contributed by atoms with van der Waals surface area (Å²) in [5, 5.41) is 5.32. The fraction of sp³-hybridized carbons (Fsp3) is 0.300. The van der Waals surface area contributed by atoms with Crippen molar-refractivity contribution in [1.29, 1.82) is 0 Å². The van der Waals surface area contributed by atoms with Gasteiger partial charge in [-0.1, -0.05) is 42.5 Å². The fourth-order valence-corrected chi connectivity index (χ4v) is 5.07. The first-order valence-corrected chi connectivity index (χ1v) is 14.5. The van der Waals surface area contributed by atoms with Crippen LogP contribution in [0.4, 0.5) is 5.69 Å². The number of carbonyl (C=O) groups is 3. The molecular weight excluding hydrogens is 548 g/mol. The van der Waals surface area contributed by atoms with Crippen LogP contribution in [0.5, 0.6) is 5.75 Å². The molecule has 0 aliphatic carbocycles. The number of amides is 1. The number of methoxy groups -OCH3 is 1. The second-order valence-corrected chi connectivity index (χ2v) is 12.1. The van der Waals surface area contributed by atoms with E-state index in [9.17, 15) is 22.8 Å². The zero-order valence-corrected chi connectivity index (χ0v) is 24.2. The third-order valence-corrected chi connectivity index (χ3v) is 7.40. The van der Waals surface area contributed by atoms with Crippen molar-refractivity contribution in [2.45, 2.75) is 43.9 Å². The van der Waals surface area contributed by atoms with Crippen molar-refractivity contribution in [1.82, 2.24) is 5.32 Å². The van der Waals surface area contributed by atoms with Gasteiger partial charge in [-0.05, 0) is 62.7 Å². The first kappa shape index (κ1) is 31.2. The Labute approximate surface area is 239 Å². The molecule has 3 aromatic carbocycles. The van der Waals surface area contributed by atoms with Crippen molar-refractivity contribution < 1.29 is 37.0 Å². The van der Waals surface area contributed by atoms with Gasteiger partial charge in [0.05, 0.1) is 29.9 Å². The summed E-state index contributed by atoms with van der Waals surface area (Å²) in [6, 6.07) is 19.6. The van der Waals surface area contributed by atoms with E-state index in [0.717, 1.165) is 0 Å². The highest BCUT2D eigenvalue weighted by Crippen LogP contribution is 2.20. The van der Waals surface area contributed by atoms with Gasteiger partial charge in [-0.25, -0.2) is 18.0 Å². The van der Waals surface area contributed by atoms with Crippen LogP contribution < -0.4 is 15.4 Å². The monoisotopic (exact) mass is 582 g/mol. The number of nitrogens with one attached hydrogen (secondary N) is 2. The van der Waals surface area contributed by atoms with Crippen molar-refractivity contribution >= 4 is 33.4 Å². The normalized spacial score (nSPS) is 12.1. The zero-order chi connectivity index (χ0) is 30.0. The highest BCUT2D eigenvalue weighted by atomic mass is 32.2. The predicted molar refractivity (Wildman–Crippen MR) is 153 cm³/mol. The van der Waals surface area contributed by atoms with Gasteiger partial charge in [0.25, 0.3) is 0 Å². The van der Waals surface area contributed by atoms with Gasteiger partial charge in [0.15, 0.2) is 9.84 Å². The SMILES string of the molecule is COc1ccc(S(=O)(=O)CC(NC(=O)CNc2ccccc2C(=O)OC(C)(C)C)C(=O)OCc2ccccc2)cc1. The molecule has 0 saturated heterocycles. The van der Waals surface area contributed by atoms with Gasteiger partial charge in [0.1, 0.15) is 24.0 Å². The molecule has 41 heavy (non-hydrogen) atoms. The van der Waals surface area contributed by atoms with Crippen LogP contribution in [0.25, 0.3) is 0 Å². The van der Waals surface area contributed by atoms with Crippen LogP contribution in [0.15, 0.2) is 83.8 Å². The van der Waals surface area contributed by atoms with Crippen LogP contribution in [-0.2, 0) is 35.5 Å². The molecule has 0 aliphatic rings. The molecule has 11 heteroatoms. The Bertz CT molecular complexity index is 1450. The third kappa shape index (κ3) is 9.64. The summed E-state index contributed by atoms with van der Waals surface area (Å²) in [4.78, 5) is 38.5. The summed E-state index contributed by atoms with van der Waals surface area (Å²) in [6.07, 6.45) is 0. The van der Waals surface area contributed by atoms with Crippen molar-refractivity contribution in [3.05, 3.63) is 90.0 Å². The first-order chi connectivity index (χ1) is 19.4. The maximum Gasteiger partial charge on any atom is 0.340 e. The van der Waals surface area contributed by atoms with E-state index in [1.165, 1.54) is 31.4 Å². The lowest BCUT2D eigenvalue weighted by Crippen LogP contribution is -2.48. The Morgan fingerprint density at radius 1 is 0.878 bits per heavy atom. The van der Waals surface area contributed by atoms with Gasteiger partial charge in [-0.3, -0.25) is 4.79 Å². The lowest BCUT2D eigenvalue weighted by Gasteiger charge is -2.21. The molecule has 0 aliphatic heterocycles. The highest BCUT2D eigenvalue weighted by molar-refractivity contribution is 7.91. The van der Waals surface area contributed by atoms with E-state index in [0.29, 0.717) is 17.0 Å². The highest BCUT2D eigenvalue weighted by Gasteiger charge is 2.30. The van der Waals surface area contributed by atoms with Crippen LogP contribution in [-0.4, -0.2) is 57.3 Å². The van der Waals surface area contributed by atoms with E-state index in [1.807, 2.05) is 6.07 Å². The Balaban J connectivity index is 1.74. The molecule has 1 atom stereocenters.